The van der Waals surface area contributed by atoms with Crippen molar-refractivity contribution in [2.75, 3.05) is 0 Å². The zero-order chi connectivity index (χ0) is 27.2. The average Bonchev–Trinajstić information content (AvgIpc) is 3.45. The summed E-state index contributed by atoms with van der Waals surface area (Å²) in [6.45, 7) is 0. The zero-order valence-corrected chi connectivity index (χ0v) is 22.2. The molecule has 0 bridgehead atoms. The Morgan fingerprint density at radius 3 is 1.95 bits per heavy atom. The third kappa shape index (κ3) is 3.98. The van der Waals surface area contributed by atoms with Crippen LogP contribution in [0.3, 0.4) is 0 Å². The molecular weight excluding hydrogens is 500 g/mol. The summed E-state index contributed by atoms with van der Waals surface area (Å²) in [6.07, 6.45) is 5.53. The van der Waals surface area contributed by atoms with Crippen LogP contribution >= 0.6 is 0 Å². The van der Waals surface area contributed by atoms with Crippen molar-refractivity contribution in [3.05, 3.63) is 146 Å². The summed E-state index contributed by atoms with van der Waals surface area (Å²) in [7, 11) is 0. The van der Waals surface area contributed by atoms with E-state index in [4.69, 9.17) is 4.42 Å². The number of nitrogens with zero attached hydrogens (tertiary/aromatic N) is 2. The summed E-state index contributed by atoms with van der Waals surface area (Å²) in [5, 5.41) is 4.54. The van der Waals surface area contributed by atoms with Gasteiger partial charge in [-0.3, -0.25) is 9.97 Å². The molecule has 0 atom stereocenters. The fourth-order valence-corrected chi connectivity index (χ4v) is 5.86. The standard InChI is InChI=1S/C38H24N2O/c1-2-9-32-31(8-1)33(27-17-19-28(20-18-27)35-11-3-4-22-40-35)23-34-37-30(10-5-12-36(37)41-38(32)34)26-15-13-25(14-16-26)29-7-6-21-39-24-29/h1-24H. The van der Waals surface area contributed by atoms with E-state index in [2.05, 4.69) is 113 Å². The maximum absolute atomic E-state index is 6.57. The summed E-state index contributed by atoms with van der Waals surface area (Å²) in [4.78, 5) is 8.79. The van der Waals surface area contributed by atoms with Crippen LogP contribution < -0.4 is 0 Å². The van der Waals surface area contributed by atoms with Gasteiger partial charge in [-0.2, -0.15) is 0 Å². The van der Waals surface area contributed by atoms with E-state index < -0.39 is 0 Å². The van der Waals surface area contributed by atoms with Crippen LogP contribution in [-0.2, 0) is 0 Å². The Hall–Kier alpha value is -5.54. The van der Waals surface area contributed by atoms with Gasteiger partial charge in [-0.15, -0.1) is 0 Å². The van der Waals surface area contributed by atoms with Gasteiger partial charge in [0.1, 0.15) is 11.2 Å². The predicted molar refractivity (Wildman–Crippen MR) is 169 cm³/mol. The molecule has 0 fully saturated rings. The molecule has 0 saturated carbocycles. The monoisotopic (exact) mass is 524 g/mol. The second kappa shape index (κ2) is 9.58. The molecule has 3 nitrogen and oxygen atoms in total. The van der Waals surface area contributed by atoms with Crippen LogP contribution in [0.15, 0.2) is 150 Å². The predicted octanol–water partition coefficient (Wildman–Crippen LogP) is 10.2. The lowest BCUT2D eigenvalue weighted by atomic mass is 9.92. The van der Waals surface area contributed by atoms with Gasteiger partial charge >= 0.3 is 0 Å². The molecule has 5 aromatic carbocycles. The van der Waals surface area contributed by atoms with E-state index in [1.165, 1.54) is 10.9 Å². The number of pyridine rings is 2. The van der Waals surface area contributed by atoms with E-state index in [1.807, 2.05) is 36.7 Å². The highest BCUT2D eigenvalue weighted by Crippen LogP contribution is 2.43. The largest absolute Gasteiger partial charge is 0.455 e. The van der Waals surface area contributed by atoms with Crippen LogP contribution in [0.2, 0.25) is 0 Å². The molecule has 3 heteroatoms. The molecule has 0 aliphatic rings. The lowest BCUT2D eigenvalue weighted by Gasteiger charge is -2.10. The number of benzene rings is 5. The van der Waals surface area contributed by atoms with Crippen molar-refractivity contribution in [1.82, 2.24) is 9.97 Å². The maximum atomic E-state index is 6.57. The van der Waals surface area contributed by atoms with Gasteiger partial charge in [-0.1, -0.05) is 97.1 Å². The molecule has 0 spiro atoms. The molecule has 192 valence electrons. The van der Waals surface area contributed by atoms with E-state index >= 15 is 0 Å². The van der Waals surface area contributed by atoms with Crippen molar-refractivity contribution in [3.63, 3.8) is 0 Å². The van der Waals surface area contributed by atoms with Crippen molar-refractivity contribution in [3.8, 4) is 44.6 Å². The summed E-state index contributed by atoms with van der Waals surface area (Å²) in [5.41, 5.74) is 10.8. The fraction of sp³-hybridized carbons (Fsp3) is 0. The van der Waals surface area contributed by atoms with Gasteiger partial charge < -0.3 is 4.42 Å². The minimum Gasteiger partial charge on any atom is -0.455 e. The SMILES string of the molecule is c1ccc(-c2ccc(-c3cc4c(oc5cccc(-c6ccc(-c7cccnc7)cc6)c54)c4ccccc34)cc2)nc1. The molecule has 3 aromatic heterocycles. The number of rotatable bonds is 4. The molecule has 0 aliphatic heterocycles. The van der Waals surface area contributed by atoms with Crippen LogP contribution in [0.4, 0.5) is 0 Å². The lowest BCUT2D eigenvalue weighted by molar-refractivity contribution is 0.673. The molecular formula is C38H24N2O. The number of aromatic nitrogens is 2. The van der Waals surface area contributed by atoms with Gasteiger partial charge in [-0.25, -0.2) is 0 Å². The molecule has 0 amide bonds. The lowest BCUT2D eigenvalue weighted by Crippen LogP contribution is -1.86. The molecule has 0 saturated heterocycles. The zero-order valence-electron chi connectivity index (χ0n) is 22.2. The highest BCUT2D eigenvalue weighted by Gasteiger charge is 2.18. The minimum absolute atomic E-state index is 0.890. The summed E-state index contributed by atoms with van der Waals surface area (Å²) in [6, 6.07) is 44.6. The van der Waals surface area contributed by atoms with Crippen molar-refractivity contribution in [1.29, 1.82) is 0 Å². The number of hydrogen-bond donors (Lipinski definition) is 0. The Morgan fingerprint density at radius 2 is 1.20 bits per heavy atom. The Labute approximate surface area is 237 Å². The third-order valence-electron chi connectivity index (χ3n) is 7.85. The first-order chi connectivity index (χ1) is 20.3. The first-order valence-electron chi connectivity index (χ1n) is 13.7. The van der Waals surface area contributed by atoms with Crippen molar-refractivity contribution in [2.45, 2.75) is 0 Å². The van der Waals surface area contributed by atoms with Gasteiger partial charge in [-0.05, 0) is 69.1 Å². The first-order valence-corrected chi connectivity index (χ1v) is 13.7. The van der Waals surface area contributed by atoms with Crippen molar-refractivity contribution in [2.24, 2.45) is 0 Å². The van der Waals surface area contributed by atoms with E-state index in [-0.39, 0.29) is 0 Å². The van der Waals surface area contributed by atoms with Gasteiger partial charge in [0.05, 0.1) is 5.69 Å². The van der Waals surface area contributed by atoms with Crippen molar-refractivity contribution >= 4 is 32.7 Å². The average molecular weight is 525 g/mol. The Morgan fingerprint density at radius 1 is 0.463 bits per heavy atom. The quantitative estimate of drug-likeness (QED) is 0.230. The van der Waals surface area contributed by atoms with E-state index in [9.17, 15) is 0 Å². The maximum Gasteiger partial charge on any atom is 0.143 e. The summed E-state index contributed by atoms with van der Waals surface area (Å²) in [5.74, 6) is 0. The number of hydrogen-bond acceptors (Lipinski definition) is 3. The van der Waals surface area contributed by atoms with Crippen LogP contribution in [0.25, 0.3) is 77.3 Å². The van der Waals surface area contributed by atoms with Crippen LogP contribution in [-0.4, -0.2) is 9.97 Å². The second-order valence-corrected chi connectivity index (χ2v) is 10.2. The Balaban J connectivity index is 1.32. The first kappa shape index (κ1) is 23.4. The fourth-order valence-electron chi connectivity index (χ4n) is 5.86. The molecule has 0 N–H and O–H groups in total. The molecule has 8 aromatic rings. The minimum atomic E-state index is 0.890. The Bertz CT molecular complexity index is 2160. The summed E-state index contributed by atoms with van der Waals surface area (Å²) >= 11 is 0. The molecule has 0 aliphatic carbocycles. The highest BCUT2D eigenvalue weighted by molar-refractivity contribution is 6.22. The smallest absolute Gasteiger partial charge is 0.143 e. The normalized spacial score (nSPS) is 11.4. The third-order valence-corrected chi connectivity index (χ3v) is 7.85. The molecule has 41 heavy (non-hydrogen) atoms. The van der Waals surface area contributed by atoms with Crippen LogP contribution in [0.5, 0.6) is 0 Å². The van der Waals surface area contributed by atoms with Crippen molar-refractivity contribution < 1.29 is 4.42 Å². The van der Waals surface area contributed by atoms with E-state index in [1.54, 1.807) is 6.20 Å². The summed E-state index contributed by atoms with van der Waals surface area (Å²) < 4.78 is 6.57. The van der Waals surface area contributed by atoms with Gasteiger partial charge in [0.15, 0.2) is 0 Å². The van der Waals surface area contributed by atoms with Gasteiger partial charge in [0.2, 0.25) is 0 Å². The molecule has 0 radical (unpaired) electrons. The highest BCUT2D eigenvalue weighted by atomic mass is 16.3. The van der Waals surface area contributed by atoms with E-state index in [0.717, 1.165) is 66.4 Å². The molecule has 3 heterocycles. The van der Waals surface area contributed by atoms with E-state index in [0.29, 0.717) is 0 Å². The Kier molecular flexibility index (Phi) is 5.46. The molecule has 0 unspecified atom stereocenters. The number of fused-ring (bicyclic) bond motifs is 5. The van der Waals surface area contributed by atoms with Crippen LogP contribution in [0.1, 0.15) is 0 Å². The second-order valence-electron chi connectivity index (χ2n) is 10.2. The van der Waals surface area contributed by atoms with Gasteiger partial charge in [0, 0.05) is 40.3 Å². The topological polar surface area (TPSA) is 38.9 Å². The van der Waals surface area contributed by atoms with Crippen LogP contribution in [0, 0.1) is 0 Å². The van der Waals surface area contributed by atoms with Gasteiger partial charge in [0.25, 0.3) is 0 Å². The molecule has 8 rings (SSSR count). The number of furan rings is 1.